The van der Waals surface area contributed by atoms with Gasteiger partial charge in [-0.1, -0.05) is 0 Å². The minimum Gasteiger partial charge on any atom is -0.508 e. The molecule has 0 aliphatic heterocycles. The normalized spacial score (nSPS) is 10.3. The number of halogens is 2. The Morgan fingerprint density at radius 1 is 1.15 bits per heavy atom. The van der Waals surface area contributed by atoms with Gasteiger partial charge in [0.2, 0.25) is 0 Å². The number of nitrogens with one attached hydrogen (secondary N) is 1. The number of hydrogen-bond acceptors (Lipinski definition) is 4. The third-order valence-electron chi connectivity index (χ3n) is 2.62. The van der Waals surface area contributed by atoms with Crippen LogP contribution in [0.2, 0.25) is 0 Å². The van der Waals surface area contributed by atoms with Crippen LogP contribution in [0.15, 0.2) is 36.4 Å². The highest BCUT2D eigenvalue weighted by Crippen LogP contribution is 2.23. The molecule has 0 aliphatic carbocycles. The molecule has 2 N–H and O–H groups in total. The van der Waals surface area contributed by atoms with E-state index in [-0.39, 0.29) is 23.5 Å². The van der Waals surface area contributed by atoms with E-state index >= 15 is 0 Å². The largest absolute Gasteiger partial charge is 0.508 e. The fourth-order valence-electron chi connectivity index (χ4n) is 1.67. The van der Waals surface area contributed by atoms with Crippen LogP contribution >= 0.6 is 0 Å². The quantitative estimate of drug-likeness (QED) is 0.666. The Balaban J connectivity index is 2.18. The first-order chi connectivity index (χ1) is 9.45. The Labute approximate surface area is 112 Å². The number of benzene rings is 2. The Morgan fingerprint density at radius 2 is 1.90 bits per heavy atom. The highest BCUT2D eigenvalue weighted by atomic mass is 19.1. The van der Waals surface area contributed by atoms with Gasteiger partial charge in [0.1, 0.15) is 17.4 Å². The predicted molar refractivity (Wildman–Crippen MR) is 68.4 cm³/mol. The number of anilines is 1. The van der Waals surface area contributed by atoms with Gasteiger partial charge in [-0.05, 0) is 24.3 Å². The molecule has 20 heavy (non-hydrogen) atoms. The average molecular weight is 280 g/mol. The number of phenols is 1. The standard InChI is InChI=1S/C13H10F2N2O3/c14-9-1-2-13(18)8(3-9)7-16-11-4-10(15)5-12(6-11)17(19)20/h1-6,16,18H,7H2. The maximum Gasteiger partial charge on any atom is 0.274 e. The number of nitro benzene ring substituents is 1. The summed E-state index contributed by atoms with van der Waals surface area (Å²) in [6.07, 6.45) is 0. The van der Waals surface area contributed by atoms with E-state index in [0.29, 0.717) is 0 Å². The Morgan fingerprint density at radius 3 is 2.60 bits per heavy atom. The van der Waals surface area contributed by atoms with Gasteiger partial charge in [0.25, 0.3) is 5.69 Å². The van der Waals surface area contributed by atoms with Crippen LogP contribution in [0.3, 0.4) is 0 Å². The van der Waals surface area contributed by atoms with Crippen molar-refractivity contribution >= 4 is 11.4 Å². The topological polar surface area (TPSA) is 75.4 Å². The summed E-state index contributed by atoms with van der Waals surface area (Å²) in [6.45, 7) is 0.00417. The Bertz CT molecular complexity index is 662. The summed E-state index contributed by atoms with van der Waals surface area (Å²) in [7, 11) is 0. The number of nitrogens with zero attached hydrogens (tertiary/aromatic N) is 1. The first-order valence-corrected chi connectivity index (χ1v) is 5.62. The second-order valence-electron chi connectivity index (χ2n) is 4.08. The smallest absolute Gasteiger partial charge is 0.274 e. The van der Waals surface area contributed by atoms with Crippen LogP contribution in [-0.2, 0) is 6.54 Å². The predicted octanol–water partition coefficient (Wildman–Crippen LogP) is 3.19. The van der Waals surface area contributed by atoms with Crippen LogP contribution in [-0.4, -0.2) is 10.0 Å². The molecule has 0 saturated heterocycles. The Hall–Kier alpha value is -2.70. The van der Waals surface area contributed by atoms with Gasteiger partial charge in [0.15, 0.2) is 0 Å². The molecule has 2 aromatic carbocycles. The summed E-state index contributed by atoms with van der Waals surface area (Å²) in [6, 6.07) is 6.44. The maximum absolute atomic E-state index is 13.2. The minimum atomic E-state index is -0.759. The van der Waals surface area contributed by atoms with Crippen molar-refractivity contribution in [3.63, 3.8) is 0 Å². The highest BCUT2D eigenvalue weighted by molar-refractivity contribution is 5.52. The second-order valence-corrected chi connectivity index (χ2v) is 4.08. The van der Waals surface area contributed by atoms with Crippen LogP contribution in [0.4, 0.5) is 20.2 Å². The fraction of sp³-hybridized carbons (Fsp3) is 0.0769. The summed E-state index contributed by atoms with van der Waals surface area (Å²) in [5.74, 6) is -1.40. The lowest BCUT2D eigenvalue weighted by Crippen LogP contribution is -2.01. The van der Waals surface area contributed by atoms with E-state index in [2.05, 4.69) is 5.32 Å². The summed E-state index contributed by atoms with van der Waals surface area (Å²) < 4.78 is 26.2. The number of nitro groups is 1. The van der Waals surface area contributed by atoms with Crippen molar-refractivity contribution in [2.45, 2.75) is 6.54 Å². The monoisotopic (exact) mass is 280 g/mol. The number of hydrogen-bond donors (Lipinski definition) is 2. The lowest BCUT2D eigenvalue weighted by Gasteiger charge is -2.08. The molecule has 0 aliphatic rings. The summed E-state index contributed by atoms with van der Waals surface area (Å²) in [4.78, 5) is 9.89. The van der Waals surface area contributed by atoms with E-state index < -0.39 is 22.2 Å². The van der Waals surface area contributed by atoms with Gasteiger partial charge in [-0.2, -0.15) is 0 Å². The molecule has 2 rings (SSSR count). The Kier molecular flexibility index (Phi) is 3.79. The molecule has 0 radical (unpaired) electrons. The van der Waals surface area contributed by atoms with Crippen molar-refractivity contribution in [3.05, 3.63) is 63.7 Å². The number of phenolic OH excluding ortho intramolecular Hbond substituents is 1. The van der Waals surface area contributed by atoms with Gasteiger partial charge in [0.05, 0.1) is 11.0 Å². The molecular formula is C13H10F2N2O3. The summed E-state index contributed by atoms with van der Waals surface area (Å²) in [5.41, 5.74) is 0.0354. The zero-order valence-electron chi connectivity index (χ0n) is 10.1. The molecule has 104 valence electrons. The lowest BCUT2D eigenvalue weighted by atomic mass is 10.2. The average Bonchev–Trinajstić information content (AvgIpc) is 2.39. The summed E-state index contributed by atoms with van der Waals surface area (Å²) in [5, 5.41) is 22.8. The zero-order valence-corrected chi connectivity index (χ0v) is 10.1. The van der Waals surface area contributed by atoms with Crippen LogP contribution in [0.1, 0.15) is 5.56 Å². The third-order valence-corrected chi connectivity index (χ3v) is 2.62. The van der Waals surface area contributed by atoms with E-state index in [1.165, 1.54) is 6.07 Å². The summed E-state index contributed by atoms with van der Waals surface area (Å²) >= 11 is 0. The highest BCUT2D eigenvalue weighted by Gasteiger charge is 2.10. The first-order valence-electron chi connectivity index (χ1n) is 5.62. The van der Waals surface area contributed by atoms with Crippen LogP contribution in [0, 0.1) is 21.7 Å². The van der Waals surface area contributed by atoms with Crippen molar-refractivity contribution in [2.75, 3.05) is 5.32 Å². The van der Waals surface area contributed by atoms with Crippen LogP contribution in [0.25, 0.3) is 0 Å². The van der Waals surface area contributed by atoms with Gasteiger partial charge in [-0.3, -0.25) is 10.1 Å². The van der Waals surface area contributed by atoms with Crippen molar-refractivity contribution in [1.82, 2.24) is 0 Å². The minimum absolute atomic E-state index is 0.00417. The van der Waals surface area contributed by atoms with Crippen LogP contribution < -0.4 is 5.32 Å². The molecule has 0 fully saturated rings. The molecule has 0 unspecified atom stereocenters. The maximum atomic E-state index is 13.2. The number of non-ortho nitro benzene ring substituents is 1. The second kappa shape index (κ2) is 5.52. The van der Waals surface area contributed by atoms with Crippen molar-refractivity contribution < 1.29 is 18.8 Å². The van der Waals surface area contributed by atoms with E-state index in [4.69, 9.17) is 0 Å². The van der Waals surface area contributed by atoms with E-state index in [9.17, 15) is 24.0 Å². The molecule has 0 heterocycles. The molecule has 5 nitrogen and oxygen atoms in total. The van der Waals surface area contributed by atoms with Gasteiger partial charge in [-0.25, -0.2) is 8.78 Å². The van der Waals surface area contributed by atoms with Gasteiger partial charge in [0, 0.05) is 23.9 Å². The van der Waals surface area contributed by atoms with Crippen LogP contribution in [0.5, 0.6) is 5.75 Å². The molecule has 2 aromatic rings. The van der Waals surface area contributed by atoms with Crippen molar-refractivity contribution in [1.29, 1.82) is 0 Å². The molecule has 0 saturated carbocycles. The number of aromatic hydroxyl groups is 1. The molecule has 0 aromatic heterocycles. The lowest BCUT2D eigenvalue weighted by molar-refractivity contribution is -0.385. The number of rotatable bonds is 4. The zero-order chi connectivity index (χ0) is 14.7. The molecule has 0 atom stereocenters. The van der Waals surface area contributed by atoms with E-state index in [1.807, 2.05) is 0 Å². The fourth-order valence-corrected chi connectivity index (χ4v) is 1.67. The van der Waals surface area contributed by atoms with Gasteiger partial charge in [-0.15, -0.1) is 0 Å². The van der Waals surface area contributed by atoms with Gasteiger partial charge >= 0.3 is 0 Å². The van der Waals surface area contributed by atoms with E-state index in [0.717, 1.165) is 30.3 Å². The van der Waals surface area contributed by atoms with E-state index in [1.54, 1.807) is 0 Å². The molecule has 0 spiro atoms. The molecule has 7 heteroatoms. The SMILES string of the molecule is O=[N+]([O-])c1cc(F)cc(NCc2cc(F)ccc2O)c1. The molecular weight excluding hydrogens is 270 g/mol. The first kappa shape index (κ1) is 13.7. The van der Waals surface area contributed by atoms with Crippen molar-refractivity contribution in [2.24, 2.45) is 0 Å². The third kappa shape index (κ3) is 3.19. The molecule has 0 bridgehead atoms. The van der Waals surface area contributed by atoms with Gasteiger partial charge < -0.3 is 10.4 Å². The van der Waals surface area contributed by atoms with Crippen molar-refractivity contribution in [3.8, 4) is 5.75 Å². The molecule has 0 amide bonds.